The second-order valence-electron chi connectivity index (χ2n) is 1.56. The summed E-state index contributed by atoms with van der Waals surface area (Å²) in [6.45, 7) is -0.250. The van der Waals surface area contributed by atoms with E-state index in [1.807, 2.05) is 0 Å². The number of H-pyrrole nitrogens is 1. The molecule has 3 N–H and O–H groups in total. The standard InChI is InChI=1S/C4H4N2O.C2H6O2/c7-4-2-1-3-5-6-4;3-1-2-4/h1-3H,(H,6,7);3-4H,1-2H2. The molecule has 1 heterocycles. The zero-order chi connectivity index (χ0) is 8.53. The first kappa shape index (κ1) is 9.80. The predicted molar refractivity (Wildman–Crippen MR) is 39.0 cm³/mol. The quantitative estimate of drug-likeness (QED) is 0.476. The van der Waals surface area contributed by atoms with Crippen molar-refractivity contribution in [3.05, 3.63) is 28.7 Å². The van der Waals surface area contributed by atoms with E-state index < -0.39 is 0 Å². The van der Waals surface area contributed by atoms with Gasteiger partial charge in [0, 0.05) is 12.3 Å². The summed E-state index contributed by atoms with van der Waals surface area (Å²) >= 11 is 0. The number of rotatable bonds is 1. The van der Waals surface area contributed by atoms with Crippen LogP contribution >= 0.6 is 0 Å². The molecule has 0 unspecified atom stereocenters. The lowest BCUT2D eigenvalue weighted by atomic mass is 10.6. The summed E-state index contributed by atoms with van der Waals surface area (Å²) in [5.74, 6) is 0. The van der Waals surface area contributed by atoms with Crippen molar-refractivity contribution in [3.63, 3.8) is 0 Å². The molecule has 0 atom stereocenters. The van der Waals surface area contributed by atoms with E-state index in [-0.39, 0.29) is 18.8 Å². The molecule has 0 radical (unpaired) electrons. The van der Waals surface area contributed by atoms with Gasteiger partial charge in [-0.15, -0.1) is 0 Å². The van der Waals surface area contributed by atoms with Crippen molar-refractivity contribution in [3.8, 4) is 0 Å². The van der Waals surface area contributed by atoms with Crippen LogP contribution in [0.3, 0.4) is 0 Å². The topological polar surface area (TPSA) is 86.2 Å². The van der Waals surface area contributed by atoms with Crippen LogP contribution in [0, 0.1) is 0 Å². The number of nitrogens with zero attached hydrogens (tertiary/aromatic N) is 1. The average molecular weight is 158 g/mol. The third kappa shape index (κ3) is 6.69. The molecule has 1 aromatic rings. The smallest absolute Gasteiger partial charge is 0.264 e. The zero-order valence-corrected chi connectivity index (χ0v) is 5.90. The van der Waals surface area contributed by atoms with Crippen LogP contribution in [0.2, 0.25) is 0 Å². The fourth-order valence-corrected chi connectivity index (χ4v) is 0.312. The second kappa shape index (κ2) is 6.91. The number of hydrogen-bond acceptors (Lipinski definition) is 4. The lowest BCUT2D eigenvalue weighted by molar-refractivity contribution is 0.186. The minimum absolute atomic E-state index is 0.125. The number of nitrogens with one attached hydrogen (secondary N) is 1. The molecule has 62 valence electrons. The monoisotopic (exact) mass is 158 g/mol. The molecule has 0 aliphatic heterocycles. The van der Waals surface area contributed by atoms with Gasteiger partial charge >= 0.3 is 0 Å². The second-order valence-corrected chi connectivity index (χ2v) is 1.56. The number of aromatic amines is 1. The van der Waals surface area contributed by atoms with Crippen molar-refractivity contribution in [2.24, 2.45) is 0 Å². The largest absolute Gasteiger partial charge is 0.394 e. The van der Waals surface area contributed by atoms with Crippen molar-refractivity contribution in [2.45, 2.75) is 0 Å². The zero-order valence-electron chi connectivity index (χ0n) is 5.90. The number of aliphatic hydroxyl groups is 2. The van der Waals surface area contributed by atoms with Gasteiger partial charge in [0.2, 0.25) is 0 Å². The van der Waals surface area contributed by atoms with Crippen LogP contribution in [0.15, 0.2) is 23.1 Å². The van der Waals surface area contributed by atoms with Gasteiger partial charge in [-0.05, 0) is 6.07 Å². The van der Waals surface area contributed by atoms with Gasteiger partial charge in [-0.2, -0.15) is 5.10 Å². The molecule has 0 saturated carbocycles. The van der Waals surface area contributed by atoms with E-state index in [2.05, 4.69) is 10.2 Å². The highest BCUT2D eigenvalue weighted by atomic mass is 16.3. The maximum absolute atomic E-state index is 10.2. The van der Waals surface area contributed by atoms with E-state index in [0.717, 1.165) is 0 Å². The molecule has 1 aromatic heterocycles. The molecular formula is C6H10N2O3. The van der Waals surface area contributed by atoms with Gasteiger partial charge in [0.25, 0.3) is 5.56 Å². The van der Waals surface area contributed by atoms with Crippen LogP contribution in [0.1, 0.15) is 0 Å². The number of aliphatic hydroxyl groups excluding tert-OH is 2. The van der Waals surface area contributed by atoms with Crippen LogP contribution in [0.25, 0.3) is 0 Å². The van der Waals surface area contributed by atoms with Gasteiger partial charge in [0.05, 0.1) is 13.2 Å². The molecule has 1 rings (SSSR count). The summed E-state index contributed by atoms with van der Waals surface area (Å²) < 4.78 is 0. The van der Waals surface area contributed by atoms with Crippen molar-refractivity contribution in [1.29, 1.82) is 0 Å². The third-order valence-corrected chi connectivity index (χ3v) is 0.683. The molecule has 0 bridgehead atoms. The molecule has 0 aliphatic carbocycles. The molecule has 0 fully saturated rings. The van der Waals surface area contributed by atoms with Gasteiger partial charge in [-0.1, -0.05) is 0 Å². The first-order valence-corrected chi connectivity index (χ1v) is 3.02. The maximum atomic E-state index is 10.2. The molecule has 5 nitrogen and oxygen atoms in total. The lowest BCUT2D eigenvalue weighted by Crippen LogP contribution is -2.02. The van der Waals surface area contributed by atoms with E-state index in [4.69, 9.17) is 10.2 Å². The van der Waals surface area contributed by atoms with Crippen LogP contribution in [0.5, 0.6) is 0 Å². The minimum atomic E-state index is -0.164. The Labute approximate surface area is 63.3 Å². The van der Waals surface area contributed by atoms with Gasteiger partial charge in [0.15, 0.2) is 0 Å². The van der Waals surface area contributed by atoms with Gasteiger partial charge < -0.3 is 10.2 Å². The predicted octanol–water partition coefficient (Wildman–Crippen LogP) is -1.26. The Bertz CT molecular complexity index is 204. The van der Waals surface area contributed by atoms with Gasteiger partial charge in [0.1, 0.15) is 0 Å². The van der Waals surface area contributed by atoms with Crippen LogP contribution in [-0.2, 0) is 0 Å². The Morgan fingerprint density at radius 1 is 1.45 bits per heavy atom. The molecule has 5 heteroatoms. The highest BCUT2D eigenvalue weighted by molar-refractivity contribution is 4.81. The molecular weight excluding hydrogens is 148 g/mol. The van der Waals surface area contributed by atoms with E-state index in [1.54, 1.807) is 6.07 Å². The van der Waals surface area contributed by atoms with E-state index in [1.165, 1.54) is 12.3 Å². The van der Waals surface area contributed by atoms with E-state index in [0.29, 0.717) is 0 Å². The third-order valence-electron chi connectivity index (χ3n) is 0.683. The summed E-state index contributed by atoms with van der Waals surface area (Å²) in [4.78, 5) is 10.2. The Morgan fingerprint density at radius 3 is 2.27 bits per heavy atom. The Morgan fingerprint density at radius 2 is 2.09 bits per heavy atom. The van der Waals surface area contributed by atoms with Crippen molar-refractivity contribution in [1.82, 2.24) is 10.2 Å². The van der Waals surface area contributed by atoms with Crippen LogP contribution in [0.4, 0.5) is 0 Å². The van der Waals surface area contributed by atoms with Crippen molar-refractivity contribution < 1.29 is 10.2 Å². The molecule has 11 heavy (non-hydrogen) atoms. The molecule has 0 aliphatic rings. The Hall–Kier alpha value is -1.20. The normalized spacial score (nSPS) is 8.18. The highest BCUT2D eigenvalue weighted by Crippen LogP contribution is 1.60. The molecule has 0 aromatic carbocycles. The van der Waals surface area contributed by atoms with Crippen LogP contribution in [-0.4, -0.2) is 33.6 Å². The first-order valence-electron chi connectivity index (χ1n) is 3.02. The number of hydrogen-bond donors (Lipinski definition) is 3. The van der Waals surface area contributed by atoms with E-state index >= 15 is 0 Å². The lowest BCUT2D eigenvalue weighted by Gasteiger charge is -1.72. The van der Waals surface area contributed by atoms with Gasteiger partial charge in [-0.3, -0.25) is 4.79 Å². The summed E-state index contributed by atoms with van der Waals surface area (Å²) in [7, 11) is 0. The summed E-state index contributed by atoms with van der Waals surface area (Å²) in [5, 5.41) is 20.9. The minimum Gasteiger partial charge on any atom is -0.394 e. The molecule has 0 saturated heterocycles. The SMILES string of the molecule is O=c1cccn[nH]1.OCCO. The Kier molecular flexibility index (Phi) is 6.16. The van der Waals surface area contributed by atoms with Crippen molar-refractivity contribution >= 4 is 0 Å². The highest BCUT2D eigenvalue weighted by Gasteiger charge is 1.70. The summed E-state index contributed by atoms with van der Waals surface area (Å²) in [6.07, 6.45) is 1.52. The fraction of sp³-hybridized carbons (Fsp3) is 0.333. The maximum Gasteiger partial charge on any atom is 0.264 e. The summed E-state index contributed by atoms with van der Waals surface area (Å²) in [5.41, 5.74) is -0.164. The van der Waals surface area contributed by atoms with Crippen molar-refractivity contribution in [2.75, 3.05) is 13.2 Å². The average Bonchev–Trinajstić information content (AvgIpc) is 2.07. The Balaban J connectivity index is 0.000000218. The molecule has 0 spiro atoms. The van der Waals surface area contributed by atoms with E-state index in [9.17, 15) is 4.79 Å². The van der Waals surface area contributed by atoms with Crippen LogP contribution < -0.4 is 5.56 Å². The molecule has 0 amide bonds. The van der Waals surface area contributed by atoms with Gasteiger partial charge in [-0.25, -0.2) is 5.10 Å². The fourth-order valence-electron chi connectivity index (χ4n) is 0.312. The number of aromatic nitrogens is 2. The first-order chi connectivity index (χ1) is 5.31. The summed E-state index contributed by atoms with van der Waals surface area (Å²) in [6, 6.07) is 2.99.